The van der Waals surface area contributed by atoms with Crippen LogP contribution in [0.2, 0.25) is 0 Å². The monoisotopic (exact) mass is 234 g/mol. The van der Waals surface area contributed by atoms with E-state index in [9.17, 15) is 4.39 Å². The van der Waals surface area contributed by atoms with Crippen LogP contribution >= 0.6 is 42.6 Å². The Morgan fingerprint density at radius 1 is 1.20 bits per heavy atom. The first-order chi connectivity index (χ1) is 4.00. The molecule has 0 unspecified atom stereocenters. The first-order valence-corrected chi connectivity index (χ1v) is 4.24. The van der Waals surface area contributed by atoms with E-state index in [1.807, 2.05) is 0 Å². The lowest BCUT2D eigenvalue weighted by molar-refractivity contribution is 0.275. The highest BCUT2D eigenvalue weighted by Crippen LogP contribution is 2.26. The quantitative estimate of drug-likeness (QED) is 0.437. The van der Waals surface area contributed by atoms with Crippen LogP contribution < -0.4 is 0 Å². The SMILES string of the molecule is FC(Cl)(Cl)Cl.O=P(O)(O)O. The van der Waals surface area contributed by atoms with Crippen molar-refractivity contribution in [3.8, 4) is 0 Å². The number of phosphoric acid groups is 1. The predicted octanol–water partition coefficient (Wildman–Crippen LogP) is 1.35. The maximum absolute atomic E-state index is 11.0. The molecule has 0 spiro atoms. The summed E-state index contributed by atoms with van der Waals surface area (Å²) in [7, 11) is -4.64. The molecular formula is CH3Cl3FO4P. The Labute approximate surface area is 70.8 Å². The second-order valence-electron chi connectivity index (χ2n) is 0.942. The number of rotatable bonds is 0. The van der Waals surface area contributed by atoms with Gasteiger partial charge in [-0.1, -0.05) is 0 Å². The van der Waals surface area contributed by atoms with Gasteiger partial charge in [0, 0.05) is 0 Å². The van der Waals surface area contributed by atoms with E-state index in [1.165, 1.54) is 0 Å². The summed E-state index contributed by atoms with van der Waals surface area (Å²) in [5.41, 5.74) is 0. The maximum Gasteiger partial charge on any atom is 0.466 e. The molecule has 0 aromatic rings. The molecule has 0 rings (SSSR count). The summed E-state index contributed by atoms with van der Waals surface area (Å²) in [6, 6.07) is 0. The minimum absolute atomic E-state index is 2.58. The molecule has 0 aromatic heterocycles. The summed E-state index contributed by atoms with van der Waals surface area (Å²) < 4.78 is 17.3. The van der Waals surface area contributed by atoms with Crippen molar-refractivity contribution in [3.05, 3.63) is 0 Å². The molecule has 9 heteroatoms. The maximum atomic E-state index is 11.0. The lowest BCUT2D eigenvalue weighted by atomic mass is 11.7. The summed E-state index contributed by atoms with van der Waals surface area (Å²) >= 11 is 13.2. The van der Waals surface area contributed by atoms with Gasteiger partial charge in [-0.2, -0.15) is 4.39 Å². The van der Waals surface area contributed by atoms with Crippen molar-refractivity contribution in [2.24, 2.45) is 0 Å². The first kappa shape index (κ1) is 13.5. The fourth-order valence-corrected chi connectivity index (χ4v) is 0. The van der Waals surface area contributed by atoms with Gasteiger partial charge >= 0.3 is 11.9 Å². The van der Waals surface area contributed by atoms with Gasteiger partial charge < -0.3 is 14.7 Å². The van der Waals surface area contributed by atoms with Crippen molar-refractivity contribution in [2.75, 3.05) is 0 Å². The Morgan fingerprint density at radius 2 is 1.20 bits per heavy atom. The molecule has 0 aliphatic rings. The molecule has 0 aliphatic carbocycles. The summed E-state index contributed by atoms with van der Waals surface area (Å²) in [6.45, 7) is 0. The van der Waals surface area contributed by atoms with Gasteiger partial charge in [-0.05, 0) is 34.8 Å². The molecule has 0 saturated heterocycles. The van der Waals surface area contributed by atoms with Crippen LogP contribution in [0.4, 0.5) is 4.39 Å². The molecule has 0 fully saturated rings. The zero-order valence-corrected chi connectivity index (χ0v) is 7.37. The second-order valence-corrected chi connectivity index (χ2v) is 4.11. The smallest absolute Gasteiger partial charge is 0.303 e. The van der Waals surface area contributed by atoms with Gasteiger partial charge in [0.05, 0.1) is 0 Å². The normalized spacial score (nSPS) is 11.9. The molecule has 0 amide bonds. The van der Waals surface area contributed by atoms with Gasteiger partial charge in [-0.3, -0.25) is 0 Å². The molecule has 0 aliphatic heterocycles. The highest BCUT2D eigenvalue weighted by molar-refractivity contribution is 7.45. The first-order valence-electron chi connectivity index (χ1n) is 1.54. The average Bonchev–Trinajstić information content (AvgIpc) is 1.12. The van der Waals surface area contributed by atoms with Crippen molar-refractivity contribution >= 4 is 42.6 Å². The van der Waals surface area contributed by atoms with Crippen molar-refractivity contribution in [1.29, 1.82) is 0 Å². The third-order valence-corrected chi connectivity index (χ3v) is 0. The van der Waals surface area contributed by atoms with E-state index in [1.54, 1.807) is 0 Å². The summed E-state index contributed by atoms with van der Waals surface area (Å²) in [5.74, 6) is 0. The number of hydrogen-bond acceptors (Lipinski definition) is 1. The molecule has 3 N–H and O–H groups in total. The van der Waals surface area contributed by atoms with E-state index in [-0.39, 0.29) is 0 Å². The zero-order valence-electron chi connectivity index (χ0n) is 4.21. The van der Waals surface area contributed by atoms with E-state index in [0.717, 1.165) is 0 Å². The second kappa shape index (κ2) is 4.72. The Balaban J connectivity index is 0. The lowest BCUT2D eigenvalue weighted by Gasteiger charge is -1.89. The largest absolute Gasteiger partial charge is 0.466 e. The van der Waals surface area contributed by atoms with Gasteiger partial charge in [0.1, 0.15) is 0 Å². The topological polar surface area (TPSA) is 77.8 Å². The van der Waals surface area contributed by atoms with Crippen LogP contribution in [0, 0.1) is 0 Å². The molecule has 4 nitrogen and oxygen atoms in total. The van der Waals surface area contributed by atoms with Crippen LogP contribution in [0.3, 0.4) is 0 Å². The molecule has 0 aromatic carbocycles. The molecule has 0 radical (unpaired) electrons. The van der Waals surface area contributed by atoms with Crippen molar-refractivity contribution in [2.45, 2.75) is 4.05 Å². The Kier molecular flexibility index (Phi) is 6.37. The molecule has 0 bridgehead atoms. The summed E-state index contributed by atoms with van der Waals surface area (Å²) in [4.78, 5) is 21.6. The fourth-order valence-electron chi connectivity index (χ4n) is 0. The highest BCUT2D eigenvalue weighted by Gasteiger charge is 2.14. The van der Waals surface area contributed by atoms with Crippen molar-refractivity contribution in [3.63, 3.8) is 0 Å². The lowest BCUT2D eigenvalue weighted by Crippen LogP contribution is -1.83. The molecule has 64 valence electrons. The minimum atomic E-state index is -4.64. The van der Waals surface area contributed by atoms with Crippen LogP contribution in [-0.4, -0.2) is 18.7 Å². The van der Waals surface area contributed by atoms with Crippen molar-refractivity contribution in [1.82, 2.24) is 0 Å². The average molecular weight is 235 g/mol. The van der Waals surface area contributed by atoms with E-state index < -0.39 is 11.9 Å². The van der Waals surface area contributed by atoms with Crippen LogP contribution in [-0.2, 0) is 4.57 Å². The van der Waals surface area contributed by atoms with Crippen LogP contribution in [0.25, 0.3) is 0 Å². The third kappa shape index (κ3) is 673. The van der Waals surface area contributed by atoms with E-state index >= 15 is 0 Å². The summed E-state index contributed by atoms with van der Waals surface area (Å²) in [6.07, 6.45) is 0. The Morgan fingerprint density at radius 3 is 1.20 bits per heavy atom. The molecule has 10 heavy (non-hydrogen) atoms. The number of hydrogen-bond donors (Lipinski definition) is 3. The standard InChI is InChI=1S/CCl3F.H3O4P/c2-1(3,4)5;1-5(2,3)4/h;(H3,1,2,3,4). The van der Waals surface area contributed by atoms with E-state index in [2.05, 4.69) is 34.8 Å². The number of halogens is 4. The van der Waals surface area contributed by atoms with Gasteiger partial charge in [0.25, 0.3) is 0 Å². The molecule has 0 heterocycles. The fraction of sp³-hybridized carbons (Fsp3) is 1.00. The van der Waals surface area contributed by atoms with Gasteiger partial charge in [0.15, 0.2) is 0 Å². The molecule has 0 saturated carbocycles. The molecule has 0 atom stereocenters. The highest BCUT2D eigenvalue weighted by atomic mass is 35.6. The predicted molar refractivity (Wildman–Crippen MR) is 35.7 cm³/mol. The summed E-state index contributed by atoms with van der Waals surface area (Å²) in [5, 5.41) is 0. The minimum Gasteiger partial charge on any atom is -0.303 e. The van der Waals surface area contributed by atoms with E-state index in [0.29, 0.717) is 0 Å². The number of alkyl halides is 4. The Bertz CT molecular complexity index is 113. The van der Waals surface area contributed by atoms with Gasteiger partial charge in [-0.15, -0.1) is 0 Å². The van der Waals surface area contributed by atoms with Gasteiger partial charge in [0.2, 0.25) is 0 Å². The molecular weight excluding hydrogens is 232 g/mol. The van der Waals surface area contributed by atoms with Gasteiger partial charge in [-0.25, -0.2) is 4.57 Å². The van der Waals surface area contributed by atoms with Crippen molar-refractivity contribution < 1.29 is 23.6 Å². The zero-order chi connectivity index (χ0) is 9.00. The third-order valence-electron chi connectivity index (χ3n) is 0. The Hall–Kier alpha value is 0.910. The van der Waals surface area contributed by atoms with E-state index in [4.69, 9.17) is 19.2 Å². The van der Waals surface area contributed by atoms with Crippen LogP contribution in [0.5, 0.6) is 0 Å². The van der Waals surface area contributed by atoms with Crippen LogP contribution in [0.1, 0.15) is 0 Å². The van der Waals surface area contributed by atoms with Crippen LogP contribution in [0.15, 0.2) is 0 Å².